The van der Waals surface area contributed by atoms with Crippen LogP contribution in [0, 0.1) is 0 Å². The van der Waals surface area contributed by atoms with Crippen molar-refractivity contribution in [3.05, 3.63) is 54.4 Å². The number of pyridine rings is 1. The highest BCUT2D eigenvalue weighted by Crippen LogP contribution is 2.29. The molecule has 0 radical (unpaired) electrons. The predicted octanol–water partition coefficient (Wildman–Crippen LogP) is 2.35. The number of nitrogens with zero attached hydrogens (tertiary/aromatic N) is 1. The number of sulfone groups is 1. The van der Waals surface area contributed by atoms with Gasteiger partial charge in [-0.25, -0.2) is 8.42 Å². The van der Waals surface area contributed by atoms with E-state index in [0.717, 1.165) is 0 Å². The van der Waals surface area contributed by atoms with Gasteiger partial charge in [0.15, 0.2) is 9.84 Å². The number of alkyl halides is 1. The van der Waals surface area contributed by atoms with Crippen molar-refractivity contribution in [1.29, 1.82) is 0 Å². The number of rotatable bonds is 8. The number of halogens is 1. The summed E-state index contributed by atoms with van der Waals surface area (Å²) in [5.41, 5.74) is 0.504. The minimum atomic E-state index is -3.73. The van der Waals surface area contributed by atoms with E-state index in [1.807, 2.05) is 0 Å². The van der Waals surface area contributed by atoms with Crippen molar-refractivity contribution in [2.75, 3.05) is 19.5 Å². The normalized spacial score (nSPS) is 12.4. The first-order valence-corrected chi connectivity index (χ1v) is 9.67. The summed E-state index contributed by atoms with van der Waals surface area (Å²) in [6.45, 7) is -0.0597. The molecule has 0 spiro atoms. The van der Waals surface area contributed by atoms with E-state index in [-0.39, 0.29) is 29.6 Å². The highest BCUT2D eigenvalue weighted by molar-refractivity contribution is 7.91. The third-order valence-electron chi connectivity index (χ3n) is 3.62. The third kappa shape index (κ3) is 4.93. The molecule has 2 rings (SSSR count). The molecule has 1 heterocycles. The largest absolute Gasteiger partial charge is 0.497 e. The first-order chi connectivity index (χ1) is 12.0. The molecule has 0 fully saturated rings. The van der Waals surface area contributed by atoms with Crippen LogP contribution in [-0.4, -0.2) is 38.8 Å². The van der Waals surface area contributed by atoms with Crippen LogP contribution in [0.15, 0.2) is 53.7 Å². The van der Waals surface area contributed by atoms with Crippen LogP contribution in [-0.2, 0) is 14.6 Å². The van der Waals surface area contributed by atoms with Gasteiger partial charge in [0.05, 0.1) is 12.0 Å². The number of hydrogen-bond acceptors (Lipinski definition) is 5. The van der Waals surface area contributed by atoms with E-state index in [0.29, 0.717) is 11.3 Å². The van der Waals surface area contributed by atoms with Crippen LogP contribution in [0.2, 0.25) is 0 Å². The summed E-state index contributed by atoms with van der Waals surface area (Å²) in [5.74, 6) is 0.440. The van der Waals surface area contributed by atoms with E-state index < -0.39 is 15.1 Å². The molecule has 8 heteroatoms. The van der Waals surface area contributed by atoms with Crippen LogP contribution in [0.5, 0.6) is 5.75 Å². The average Bonchev–Trinajstić information content (AvgIpc) is 2.63. The lowest BCUT2D eigenvalue weighted by Crippen LogP contribution is -2.32. The molecule has 1 aromatic heterocycles. The lowest BCUT2D eigenvalue weighted by molar-refractivity contribution is -0.120. The maximum atomic E-state index is 13.1. The third-order valence-corrected chi connectivity index (χ3v) is 5.93. The SMILES string of the molecule is COc1ccc(S(=O)(=O)[C@@H](CNC(=O)CCCl)c2cccnc2)cc1. The van der Waals surface area contributed by atoms with Crippen molar-refractivity contribution in [2.45, 2.75) is 16.6 Å². The second-order valence-corrected chi connectivity index (χ2v) is 7.75. The number of aromatic nitrogens is 1. The molecule has 0 aliphatic rings. The lowest BCUT2D eigenvalue weighted by Gasteiger charge is -2.19. The van der Waals surface area contributed by atoms with Gasteiger partial charge in [0.2, 0.25) is 5.91 Å². The highest BCUT2D eigenvalue weighted by atomic mass is 35.5. The minimum Gasteiger partial charge on any atom is -0.497 e. The maximum Gasteiger partial charge on any atom is 0.221 e. The molecule has 1 N–H and O–H groups in total. The van der Waals surface area contributed by atoms with Gasteiger partial charge in [-0.15, -0.1) is 11.6 Å². The van der Waals surface area contributed by atoms with Crippen molar-refractivity contribution in [1.82, 2.24) is 10.3 Å². The van der Waals surface area contributed by atoms with Crippen LogP contribution >= 0.6 is 11.6 Å². The molecular formula is C17H19ClN2O4S. The summed E-state index contributed by atoms with van der Waals surface area (Å²) < 4.78 is 31.2. The summed E-state index contributed by atoms with van der Waals surface area (Å²) in [4.78, 5) is 15.8. The van der Waals surface area contributed by atoms with Gasteiger partial charge in [-0.05, 0) is 35.9 Å². The molecule has 0 saturated carbocycles. The van der Waals surface area contributed by atoms with Crippen molar-refractivity contribution in [3.63, 3.8) is 0 Å². The fourth-order valence-corrected chi connectivity index (χ4v) is 4.10. The van der Waals surface area contributed by atoms with Crippen LogP contribution < -0.4 is 10.1 Å². The monoisotopic (exact) mass is 382 g/mol. The van der Waals surface area contributed by atoms with Crippen molar-refractivity contribution >= 4 is 27.3 Å². The van der Waals surface area contributed by atoms with Crippen molar-refractivity contribution in [2.24, 2.45) is 0 Å². The Bertz CT molecular complexity index is 795. The molecule has 6 nitrogen and oxygen atoms in total. The molecule has 0 unspecified atom stereocenters. The number of carbonyl (C=O) groups is 1. The van der Waals surface area contributed by atoms with E-state index >= 15 is 0 Å². The first-order valence-electron chi connectivity index (χ1n) is 7.59. The summed E-state index contributed by atoms with van der Waals surface area (Å²) >= 11 is 5.54. The van der Waals surface area contributed by atoms with Crippen LogP contribution in [0.25, 0.3) is 0 Å². The van der Waals surface area contributed by atoms with Gasteiger partial charge in [-0.2, -0.15) is 0 Å². The quantitative estimate of drug-likeness (QED) is 0.708. The Labute approximate surface area is 152 Å². The second-order valence-electron chi connectivity index (χ2n) is 5.24. The van der Waals surface area contributed by atoms with E-state index in [4.69, 9.17) is 16.3 Å². The van der Waals surface area contributed by atoms with E-state index in [1.54, 1.807) is 30.5 Å². The zero-order valence-corrected chi connectivity index (χ0v) is 15.3. The standard InChI is InChI=1S/C17H19ClN2O4S/c1-24-14-4-6-15(7-5-14)25(22,23)16(12-20-17(21)8-9-18)13-3-2-10-19-11-13/h2-7,10-11,16H,8-9,12H2,1H3,(H,20,21)/t16-/m0/s1. The van der Waals surface area contributed by atoms with E-state index in [9.17, 15) is 13.2 Å². The minimum absolute atomic E-state index is 0.0597. The molecule has 1 atom stereocenters. The molecule has 1 aromatic carbocycles. The summed E-state index contributed by atoms with van der Waals surface area (Å²) in [7, 11) is -2.22. The fraction of sp³-hybridized carbons (Fsp3) is 0.294. The zero-order chi connectivity index (χ0) is 18.3. The zero-order valence-electron chi connectivity index (χ0n) is 13.7. The number of amides is 1. The van der Waals surface area contributed by atoms with Gasteiger partial charge in [0, 0.05) is 31.2 Å². The predicted molar refractivity (Wildman–Crippen MR) is 95.5 cm³/mol. The Kier molecular flexibility index (Phi) is 6.78. The van der Waals surface area contributed by atoms with Crippen molar-refractivity contribution < 1.29 is 17.9 Å². The van der Waals surface area contributed by atoms with Crippen LogP contribution in [0.3, 0.4) is 0 Å². The Balaban J connectivity index is 2.33. The molecule has 0 aliphatic heterocycles. The van der Waals surface area contributed by atoms with Gasteiger partial charge < -0.3 is 10.1 Å². The van der Waals surface area contributed by atoms with Gasteiger partial charge in [-0.3, -0.25) is 9.78 Å². The van der Waals surface area contributed by atoms with E-state index in [1.165, 1.54) is 25.4 Å². The molecule has 2 aromatic rings. The molecule has 0 aliphatic carbocycles. The Morgan fingerprint density at radius 2 is 2.00 bits per heavy atom. The molecule has 134 valence electrons. The number of nitrogens with one attached hydrogen (secondary N) is 1. The summed E-state index contributed by atoms with van der Waals surface area (Å²) in [6, 6.07) is 9.47. The highest BCUT2D eigenvalue weighted by Gasteiger charge is 2.29. The molecular weight excluding hydrogens is 364 g/mol. The maximum absolute atomic E-state index is 13.1. The molecule has 25 heavy (non-hydrogen) atoms. The summed E-state index contributed by atoms with van der Waals surface area (Å²) in [5, 5.41) is 1.68. The van der Waals surface area contributed by atoms with Crippen LogP contribution in [0.4, 0.5) is 0 Å². The Morgan fingerprint density at radius 3 is 2.56 bits per heavy atom. The smallest absolute Gasteiger partial charge is 0.221 e. The average molecular weight is 383 g/mol. The number of ether oxygens (including phenoxy) is 1. The van der Waals surface area contributed by atoms with Gasteiger partial charge in [0.25, 0.3) is 0 Å². The van der Waals surface area contributed by atoms with Gasteiger partial charge in [-0.1, -0.05) is 6.07 Å². The first kappa shape index (κ1) is 19.2. The number of carbonyl (C=O) groups excluding carboxylic acids is 1. The van der Waals surface area contributed by atoms with Gasteiger partial charge >= 0.3 is 0 Å². The van der Waals surface area contributed by atoms with Crippen LogP contribution in [0.1, 0.15) is 17.2 Å². The molecule has 1 amide bonds. The van der Waals surface area contributed by atoms with Gasteiger partial charge in [0.1, 0.15) is 11.0 Å². The summed E-state index contributed by atoms with van der Waals surface area (Å²) in [6.07, 6.45) is 3.18. The topological polar surface area (TPSA) is 85.4 Å². The number of benzene rings is 1. The van der Waals surface area contributed by atoms with Crippen molar-refractivity contribution in [3.8, 4) is 5.75 Å². The molecule has 0 bridgehead atoms. The Hall–Kier alpha value is -2.12. The van der Waals surface area contributed by atoms with E-state index in [2.05, 4.69) is 10.3 Å². The lowest BCUT2D eigenvalue weighted by atomic mass is 10.2. The fourth-order valence-electron chi connectivity index (χ4n) is 2.28. The molecule has 0 saturated heterocycles. The number of hydrogen-bond donors (Lipinski definition) is 1. The number of methoxy groups -OCH3 is 1. The Morgan fingerprint density at radius 1 is 1.28 bits per heavy atom. The second kappa shape index (κ2) is 8.82.